The maximum absolute atomic E-state index is 2.34. The van der Waals surface area contributed by atoms with Crippen molar-refractivity contribution in [3.05, 3.63) is 0 Å². The smallest absolute Gasteiger partial charge is 0.0512 e. The molecule has 0 aromatic carbocycles. The molecule has 1 saturated heterocycles. The van der Waals surface area contributed by atoms with Gasteiger partial charge < -0.3 is 0 Å². The number of rotatable bonds is 0. The van der Waals surface area contributed by atoms with Gasteiger partial charge in [-0.3, -0.25) is 14.7 Å². The van der Waals surface area contributed by atoms with Crippen LogP contribution in [0.4, 0.5) is 0 Å². The molecule has 1 heterocycles. The van der Waals surface area contributed by atoms with E-state index in [4.69, 9.17) is 0 Å². The molecule has 0 radical (unpaired) electrons. The minimum atomic E-state index is 1.09. The lowest BCUT2D eigenvalue weighted by atomic mass is 10.5. The number of nitrogens with zero attached hydrogens (tertiary/aromatic N) is 3. The molecule has 0 spiro atoms. The van der Waals surface area contributed by atoms with Crippen LogP contribution in [0.1, 0.15) is 0 Å². The van der Waals surface area contributed by atoms with E-state index in [9.17, 15) is 0 Å². The van der Waals surface area contributed by atoms with E-state index in [-0.39, 0.29) is 0 Å². The fourth-order valence-electron chi connectivity index (χ4n) is 1.35. The van der Waals surface area contributed by atoms with Crippen molar-refractivity contribution in [3.8, 4) is 0 Å². The summed E-state index contributed by atoms with van der Waals surface area (Å²) in [4.78, 5) is 6.99. The fraction of sp³-hybridized carbons (Fsp3) is 1.00. The summed E-state index contributed by atoms with van der Waals surface area (Å²) >= 11 is 0. The maximum atomic E-state index is 2.34. The third-order valence-corrected chi connectivity index (χ3v) is 1.83. The zero-order valence-corrected chi connectivity index (χ0v) is 7.17. The first-order valence-electron chi connectivity index (χ1n) is 3.74. The molecule has 10 heavy (non-hydrogen) atoms. The van der Waals surface area contributed by atoms with Gasteiger partial charge in [-0.25, -0.2) is 0 Å². The van der Waals surface area contributed by atoms with Crippen molar-refractivity contribution in [2.75, 3.05) is 47.6 Å². The Labute approximate surface area is 63.2 Å². The first-order valence-corrected chi connectivity index (χ1v) is 3.74. The number of hydrogen-bond acceptors (Lipinski definition) is 3. The summed E-state index contributed by atoms with van der Waals surface area (Å²) in [6.07, 6.45) is 0. The second kappa shape index (κ2) is 3.32. The Morgan fingerprint density at radius 1 is 0.700 bits per heavy atom. The fourth-order valence-corrected chi connectivity index (χ4v) is 1.35. The van der Waals surface area contributed by atoms with Crippen LogP contribution < -0.4 is 0 Å². The van der Waals surface area contributed by atoms with Crippen molar-refractivity contribution < 1.29 is 0 Å². The molecular formula is C7H17N3. The average molecular weight is 143 g/mol. The topological polar surface area (TPSA) is 9.72 Å². The van der Waals surface area contributed by atoms with E-state index in [1.54, 1.807) is 0 Å². The largest absolute Gasteiger partial charge is 0.292 e. The van der Waals surface area contributed by atoms with E-state index in [1.807, 2.05) is 0 Å². The molecule has 1 aliphatic rings. The molecule has 0 amide bonds. The molecule has 3 heteroatoms. The van der Waals surface area contributed by atoms with Crippen LogP contribution in [0.25, 0.3) is 0 Å². The Kier molecular flexibility index (Phi) is 2.65. The molecule has 1 rings (SSSR count). The van der Waals surface area contributed by atoms with Gasteiger partial charge in [0.15, 0.2) is 0 Å². The zero-order valence-electron chi connectivity index (χ0n) is 7.17. The molecular weight excluding hydrogens is 126 g/mol. The van der Waals surface area contributed by atoms with Crippen LogP contribution in [0.3, 0.4) is 0 Å². The molecule has 0 aromatic heterocycles. The Morgan fingerprint density at radius 3 is 1.50 bits per heavy atom. The van der Waals surface area contributed by atoms with Gasteiger partial charge in [0, 0.05) is 13.1 Å². The van der Waals surface area contributed by atoms with Crippen LogP contribution in [0.2, 0.25) is 0 Å². The zero-order chi connectivity index (χ0) is 7.56. The predicted molar refractivity (Wildman–Crippen MR) is 42.8 cm³/mol. The van der Waals surface area contributed by atoms with Crippen molar-refractivity contribution in [3.63, 3.8) is 0 Å². The van der Waals surface area contributed by atoms with Crippen LogP contribution in [-0.4, -0.2) is 62.3 Å². The highest BCUT2D eigenvalue weighted by molar-refractivity contribution is 4.61. The van der Waals surface area contributed by atoms with Gasteiger partial charge in [0.25, 0.3) is 0 Å². The summed E-state index contributed by atoms with van der Waals surface area (Å²) in [5.74, 6) is 0. The Bertz CT molecular complexity index is 93.0. The summed E-state index contributed by atoms with van der Waals surface area (Å²) in [6, 6.07) is 0. The Balaban J connectivity index is 2.38. The summed E-state index contributed by atoms with van der Waals surface area (Å²) < 4.78 is 0. The molecule has 1 aliphatic heterocycles. The van der Waals surface area contributed by atoms with Crippen molar-refractivity contribution in [1.82, 2.24) is 14.7 Å². The molecule has 0 N–H and O–H groups in total. The van der Waals surface area contributed by atoms with Crippen LogP contribution in [0.15, 0.2) is 0 Å². The highest BCUT2D eigenvalue weighted by atomic mass is 15.4. The molecule has 0 atom stereocenters. The minimum absolute atomic E-state index is 1.09. The van der Waals surface area contributed by atoms with Crippen LogP contribution in [-0.2, 0) is 0 Å². The first-order chi connectivity index (χ1) is 4.68. The SMILES string of the molecule is CN1CCN(C)CN(C)C1. The molecule has 0 aromatic rings. The number of likely N-dealkylation sites (N-methyl/N-ethyl adjacent to an activating group) is 2. The third-order valence-electron chi connectivity index (χ3n) is 1.83. The van der Waals surface area contributed by atoms with E-state index in [1.165, 1.54) is 13.1 Å². The summed E-state index contributed by atoms with van der Waals surface area (Å²) in [6.45, 7) is 4.54. The summed E-state index contributed by atoms with van der Waals surface area (Å²) in [7, 11) is 6.48. The summed E-state index contributed by atoms with van der Waals surface area (Å²) in [5.41, 5.74) is 0. The lowest BCUT2D eigenvalue weighted by Crippen LogP contribution is -2.33. The van der Waals surface area contributed by atoms with E-state index in [0.717, 1.165) is 13.3 Å². The molecule has 0 aliphatic carbocycles. The second-order valence-corrected chi connectivity index (χ2v) is 3.30. The lowest BCUT2D eigenvalue weighted by Gasteiger charge is -2.20. The monoisotopic (exact) mass is 143 g/mol. The quantitative estimate of drug-likeness (QED) is 0.461. The third kappa shape index (κ3) is 2.25. The van der Waals surface area contributed by atoms with Crippen molar-refractivity contribution in [2.45, 2.75) is 0 Å². The van der Waals surface area contributed by atoms with E-state index in [2.05, 4.69) is 35.8 Å². The van der Waals surface area contributed by atoms with Crippen molar-refractivity contribution in [2.24, 2.45) is 0 Å². The average Bonchev–Trinajstić information content (AvgIpc) is 1.93. The molecule has 0 bridgehead atoms. The van der Waals surface area contributed by atoms with Gasteiger partial charge >= 0.3 is 0 Å². The molecule has 0 unspecified atom stereocenters. The van der Waals surface area contributed by atoms with Crippen LogP contribution in [0, 0.1) is 0 Å². The molecule has 0 saturated carbocycles. The molecule has 1 fully saturated rings. The van der Waals surface area contributed by atoms with E-state index >= 15 is 0 Å². The second-order valence-electron chi connectivity index (χ2n) is 3.30. The van der Waals surface area contributed by atoms with Gasteiger partial charge in [-0.15, -0.1) is 0 Å². The van der Waals surface area contributed by atoms with Gasteiger partial charge in [0.2, 0.25) is 0 Å². The van der Waals surface area contributed by atoms with E-state index in [0.29, 0.717) is 0 Å². The van der Waals surface area contributed by atoms with Gasteiger partial charge in [-0.2, -0.15) is 0 Å². The Morgan fingerprint density at radius 2 is 1.10 bits per heavy atom. The lowest BCUT2D eigenvalue weighted by molar-refractivity contribution is 0.178. The highest BCUT2D eigenvalue weighted by Gasteiger charge is 2.11. The normalized spacial score (nSPS) is 26.7. The van der Waals surface area contributed by atoms with Gasteiger partial charge in [-0.1, -0.05) is 0 Å². The van der Waals surface area contributed by atoms with Crippen molar-refractivity contribution >= 4 is 0 Å². The first kappa shape index (κ1) is 7.98. The van der Waals surface area contributed by atoms with Gasteiger partial charge in [-0.05, 0) is 21.1 Å². The van der Waals surface area contributed by atoms with Crippen molar-refractivity contribution in [1.29, 1.82) is 0 Å². The standard InChI is InChI=1S/C7H17N3/c1-8-4-5-9(2)7-10(3)6-8/h4-7H2,1-3H3. The van der Waals surface area contributed by atoms with Crippen LogP contribution in [0.5, 0.6) is 0 Å². The maximum Gasteiger partial charge on any atom is 0.0512 e. The van der Waals surface area contributed by atoms with E-state index < -0.39 is 0 Å². The Hall–Kier alpha value is -0.120. The minimum Gasteiger partial charge on any atom is -0.292 e. The molecule has 60 valence electrons. The summed E-state index contributed by atoms with van der Waals surface area (Å²) in [5, 5.41) is 0. The van der Waals surface area contributed by atoms with Crippen LogP contribution >= 0.6 is 0 Å². The number of hydrogen-bond donors (Lipinski definition) is 0. The molecule has 3 nitrogen and oxygen atoms in total. The predicted octanol–water partition coefficient (Wildman–Crippen LogP) is -0.290. The highest BCUT2D eigenvalue weighted by Crippen LogP contribution is 1.96. The van der Waals surface area contributed by atoms with Gasteiger partial charge in [0.05, 0.1) is 13.3 Å². The van der Waals surface area contributed by atoms with Gasteiger partial charge in [0.1, 0.15) is 0 Å².